The van der Waals surface area contributed by atoms with Gasteiger partial charge in [0.05, 0.1) is 18.8 Å². The summed E-state index contributed by atoms with van der Waals surface area (Å²) < 4.78 is 44.8. The number of amides is 1. The van der Waals surface area contributed by atoms with E-state index in [9.17, 15) is 18.0 Å². The lowest BCUT2D eigenvalue weighted by molar-refractivity contribution is -0.138. The molecule has 8 nitrogen and oxygen atoms in total. The molecule has 0 radical (unpaired) electrons. The van der Waals surface area contributed by atoms with Crippen LogP contribution in [0.25, 0.3) is 0 Å². The molecular weight excluding hydrogens is 425 g/mol. The number of hydrogen-bond acceptors (Lipinski definition) is 7. The third kappa shape index (κ3) is 5.26. The van der Waals surface area contributed by atoms with Gasteiger partial charge in [-0.05, 0) is 24.5 Å². The van der Waals surface area contributed by atoms with Crippen LogP contribution >= 0.6 is 0 Å². The first-order valence-corrected chi connectivity index (χ1v) is 10.6. The van der Waals surface area contributed by atoms with Crippen molar-refractivity contribution in [3.8, 4) is 0 Å². The van der Waals surface area contributed by atoms with Gasteiger partial charge in [-0.2, -0.15) is 18.2 Å². The Morgan fingerprint density at radius 2 is 1.66 bits per heavy atom. The second-order valence-electron chi connectivity index (χ2n) is 7.82. The highest BCUT2D eigenvalue weighted by molar-refractivity contribution is 5.79. The Balaban J connectivity index is 1.31. The molecule has 1 N–H and O–H groups in total. The van der Waals surface area contributed by atoms with Crippen LogP contribution in [0.4, 0.5) is 25.1 Å². The van der Waals surface area contributed by atoms with E-state index in [1.165, 1.54) is 24.5 Å². The molecular formula is C21H25F3N6O2. The number of hydrogen-bond donors (Lipinski definition) is 1. The van der Waals surface area contributed by atoms with Gasteiger partial charge in [0.2, 0.25) is 17.8 Å². The van der Waals surface area contributed by atoms with Gasteiger partial charge in [0.25, 0.3) is 0 Å². The van der Waals surface area contributed by atoms with Gasteiger partial charge in [0.15, 0.2) is 0 Å². The first-order chi connectivity index (χ1) is 15.4. The lowest BCUT2D eigenvalue weighted by Crippen LogP contribution is -2.41. The third-order valence-corrected chi connectivity index (χ3v) is 5.76. The van der Waals surface area contributed by atoms with Crippen molar-refractivity contribution in [2.45, 2.75) is 25.6 Å². The van der Waals surface area contributed by atoms with E-state index in [0.717, 1.165) is 19.2 Å². The number of rotatable bonds is 5. The van der Waals surface area contributed by atoms with E-state index in [1.807, 2.05) is 9.80 Å². The van der Waals surface area contributed by atoms with E-state index in [-0.39, 0.29) is 23.9 Å². The number of ether oxygens (including phenoxy) is 1. The summed E-state index contributed by atoms with van der Waals surface area (Å²) in [6, 6.07) is 5.29. The molecule has 0 spiro atoms. The van der Waals surface area contributed by atoms with Crippen molar-refractivity contribution in [2.75, 3.05) is 49.2 Å². The van der Waals surface area contributed by atoms with E-state index in [1.54, 1.807) is 0 Å². The minimum absolute atomic E-state index is 0.0617. The van der Waals surface area contributed by atoms with Crippen LogP contribution in [-0.4, -0.2) is 60.3 Å². The number of morpholine rings is 1. The minimum Gasteiger partial charge on any atom is -0.378 e. The second kappa shape index (κ2) is 9.68. The van der Waals surface area contributed by atoms with E-state index in [2.05, 4.69) is 20.3 Å². The average molecular weight is 450 g/mol. The van der Waals surface area contributed by atoms with Crippen LogP contribution in [0.5, 0.6) is 0 Å². The van der Waals surface area contributed by atoms with Gasteiger partial charge in [-0.3, -0.25) is 4.79 Å². The van der Waals surface area contributed by atoms with Gasteiger partial charge >= 0.3 is 6.18 Å². The molecule has 32 heavy (non-hydrogen) atoms. The number of piperidine rings is 1. The summed E-state index contributed by atoms with van der Waals surface area (Å²) in [6.45, 7) is 3.74. The Morgan fingerprint density at radius 1 is 1.03 bits per heavy atom. The molecule has 4 rings (SSSR count). The summed E-state index contributed by atoms with van der Waals surface area (Å²) in [5.41, 5.74) is -0.660. The Bertz CT molecular complexity index is 928. The molecule has 0 unspecified atom stereocenters. The predicted molar refractivity (Wildman–Crippen MR) is 111 cm³/mol. The summed E-state index contributed by atoms with van der Waals surface area (Å²) >= 11 is 0. The molecule has 2 fully saturated rings. The van der Waals surface area contributed by atoms with Gasteiger partial charge in [-0.25, -0.2) is 9.97 Å². The highest BCUT2D eigenvalue weighted by Gasteiger charge is 2.33. The normalized spacial score (nSPS) is 18.0. The first kappa shape index (κ1) is 22.3. The Kier molecular flexibility index (Phi) is 6.73. The van der Waals surface area contributed by atoms with Crippen LogP contribution < -0.4 is 15.1 Å². The molecule has 0 aliphatic carbocycles. The number of halogens is 3. The molecule has 0 bridgehead atoms. The van der Waals surface area contributed by atoms with Crippen molar-refractivity contribution in [3.63, 3.8) is 0 Å². The number of aromatic nitrogens is 3. The molecule has 0 saturated carbocycles. The second-order valence-corrected chi connectivity index (χ2v) is 7.82. The molecule has 3 heterocycles. The Labute approximate surface area is 183 Å². The van der Waals surface area contributed by atoms with Gasteiger partial charge in [0, 0.05) is 38.6 Å². The van der Waals surface area contributed by atoms with E-state index in [4.69, 9.17) is 4.74 Å². The molecule has 2 aromatic rings. The zero-order valence-electron chi connectivity index (χ0n) is 17.5. The quantitative estimate of drug-likeness (QED) is 0.748. The number of anilines is 2. The molecule has 172 valence electrons. The highest BCUT2D eigenvalue weighted by atomic mass is 19.4. The average Bonchev–Trinajstić information content (AvgIpc) is 2.83. The van der Waals surface area contributed by atoms with Gasteiger partial charge in [-0.1, -0.05) is 18.2 Å². The number of benzene rings is 1. The highest BCUT2D eigenvalue weighted by Crippen LogP contribution is 2.32. The molecule has 1 aromatic carbocycles. The Hall–Kier alpha value is -2.95. The van der Waals surface area contributed by atoms with Crippen LogP contribution in [0.1, 0.15) is 24.0 Å². The van der Waals surface area contributed by atoms with Crippen LogP contribution in [0, 0.1) is 5.92 Å². The van der Waals surface area contributed by atoms with Crippen molar-refractivity contribution in [3.05, 3.63) is 41.7 Å². The lowest BCUT2D eigenvalue weighted by atomic mass is 9.96. The summed E-state index contributed by atoms with van der Waals surface area (Å²) in [5, 5.41) is 2.67. The van der Waals surface area contributed by atoms with Crippen molar-refractivity contribution >= 4 is 17.8 Å². The van der Waals surface area contributed by atoms with Gasteiger partial charge in [0.1, 0.15) is 6.33 Å². The number of nitrogens with zero attached hydrogens (tertiary/aromatic N) is 5. The zero-order valence-corrected chi connectivity index (χ0v) is 17.5. The fraction of sp³-hybridized carbons (Fsp3) is 0.524. The van der Waals surface area contributed by atoms with E-state index < -0.39 is 11.7 Å². The summed E-state index contributed by atoms with van der Waals surface area (Å²) in [5.74, 6) is 0.692. The van der Waals surface area contributed by atoms with Crippen molar-refractivity contribution in [2.24, 2.45) is 5.92 Å². The molecule has 2 aliphatic heterocycles. The smallest absolute Gasteiger partial charge is 0.378 e. The van der Waals surface area contributed by atoms with Gasteiger partial charge in [-0.15, -0.1) is 0 Å². The number of nitrogens with one attached hydrogen (secondary N) is 1. The third-order valence-electron chi connectivity index (χ3n) is 5.76. The fourth-order valence-electron chi connectivity index (χ4n) is 3.97. The van der Waals surface area contributed by atoms with E-state index >= 15 is 0 Å². The van der Waals surface area contributed by atoms with Crippen LogP contribution in [-0.2, 0) is 22.3 Å². The maximum Gasteiger partial charge on any atom is 0.416 e. The fourth-order valence-corrected chi connectivity index (χ4v) is 3.97. The zero-order chi connectivity index (χ0) is 22.6. The van der Waals surface area contributed by atoms with Crippen molar-refractivity contribution in [1.82, 2.24) is 20.3 Å². The standard InChI is InChI=1S/C21H25F3N6O2/c22-21(23,24)17-4-2-1-3-16(17)13-25-18(31)15-5-7-29(8-6-15)19-26-14-27-20(28-19)30-9-11-32-12-10-30/h1-4,14-15H,5-13H2,(H,25,31). The number of carbonyl (C=O) groups excluding carboxylic acids is 1. The van der Waals surface area contributed by atoms with Crippen LogP contribution in [0.15, 0.2) is 30.6 Å². The van der Waals surface area contributed by atoms with Gasteiger partial charge < -0.3 is 19.9 Å². The maximum absolute atomic E-state index is 13.1. The molecule has 2 saturated heterocycles. The summed E-state index contributed by atoms with van der Waals surface area (Å²) in [6.07, 6.45) is -1.81. The molecule has 1 aromatic heterocycles. The summed E-state index contributed by atoms with van der Waals surface area (Å²) in [7, 11) is 0. The van der Waals surface area contributed by atoms with Crippen LogP contribution in [0.3, 0.4) is 0 Å². The molecule has 1 amide bonds. The number of carbonyl (C=O) groups is 1. The van der Waals surface area contributed by atoms with Crippen LogP contribution in [0.2, 0.25) is 0 Å². The maximum atomic E-state index is 13.1. The van der Waals surface area contributed by atoms with Crippen molar-refractivity contribution in [1.29, 1.82) is 0 Å². The van der Waals surface area contributed by atoms with Crippen molar-refractivity contribution < 1.29 is 22.7 Å². The molecule has 11 heteroatoms. The first-order valence-electron chi connectivity index (χ1n) is 10.6. The Morgan fingerprint density at radius 3 is 2.31 bits per heavy atom. The number of alkyl halides is 3. The topological polar surface area (TPSA) is 83.5 Å². The summed E-state index contributed by atoms with van der Waals surface area (Å²) in [4.78, 5) is 29.7. The molecule has 2 aliphatic rings. The minimum atomic E-state index is -4.45. The monoisotopic (exact) mass is 450 g/mol. The van der Waals surface area contributed by atoms with E-state index in [0.29, 0.717) is 51.0 Å². The predicted octanol–water partition coefficient (Wildman–Crippen LogP) is 2.26. The molecule has 0 atom stereocenters. The SMILES string of the molecule is O=C(NCc1ccccc1C(F)(F)F)C1CCN(c2ncnc(N3CCOCC3)n2)CC1. The lowest BCUT2D eigenvalue weighted by Gasteiger charge is -2.32. The largest absolute Gasteiger partial charge is 0.416 e.